The highest BCUT2D eigenvalue weighted by molar-refractivity contribution is 6.02. The van der Waals surface area contributed by atoms with E-state index in [0.717, 1.165) is 31.2 Å². The van der Waals surface area contributed by atoms with Crippen molar-refractivity contribution in [2.75, 3.05) is 0 Å². The number of aromatic amines is 1. The Morgan fingerprint density at radius 3 is 2.78 bits per heavy atom. The molecule has 3 rings (SSSR count). The van der Waals surface area contributed by atoms with Crippen molar-refractivity contribution in [3.05, 3.63) is 30.0 Å². The van der Waals surface area contributed by atoms with Crippen LogP contribution in [0.1, 0.15) is 49.5 Å². The first-order valence-electron chi connectivity index (χ1n) is 8.09. The lowest BCUT2D eigenvalue weighted by molar-refractivity contribution is -0.130. The quantitative estimate of drug-likeness (QED) is 0.849. The number of carbonyl (C=O) groups excluding carboxylic acids is 2. The van der Waals surface area contributed by atoms with Crippen LogP contribution in [0.3, 0.4) is 0 Å². The number of ether oxygens (including phenoxy) is 1. The van der Waals surface area contributed by atoms with Crippen LogP contribution in [-0.2, 0) is 9.53 Å². The van der Waals surface area contributed by atoms with Crippen molar-refractivity contribution in [1.82, 2.24) is 15.5 Å². The average molecular weight is 315 g/mol. The average Bonchev–Trinajstić information content (AvgIpc) is 2.99. The molecule has 1 atom stereocenters. The lowest BCUT2D eigenvalue weighted by Gasteiger charge is -2.24. The molecule has 1 aliphatic carbocycles. The van der Waals surface area contributed by atoms with E-state index in [1.54, 1.807) is 13.0 Å². The molecule has 1 aromatic carbocycles. The summed E-state index contributed by atoms with van der Waals surface area (Å²) in [4.78, 5) is 24.4. The topological polar surface area (TPSA) is 84.1 Å². The number of esters is 1. The lowest BCUT2D eigenvalue weighted by Crippen LogP contribution is -2.42. The van der Waals surface area contributed by atoms with Crippen LogP contribution in [0.25, 0.3) is 10.9 Å². The molecule has 0 saturated heterocycles. The zero-order valence-electron chi connectivity index (χ0n) is 13.2. The number of fused-ring (bicyclic) bond motifs is 1. The predicted molar refractivity (Wildman–Crippen MR) is 86.0 cm³/mol. The van der Waals surface area contributed by atoms with Gasteiger partial charge in [0.2, 0.25) is 0 Å². The zero-order chi connectivity index (χ0) is 16.2. The van der Waals surface area contributed by atoms with Crippen LogP contribution < -0.4 is 5.32 Å². The van der Waals surface area contributed by atoms with Crippen molar-refractivity contribution in [3.63, 3.8) is 0 Å². The van der Waals surface area contributed by atoms with E-state index in [2.05, 4.69) is 15.5 Å². The van der Waals surface area contributed by atoms with Gasteiger partial charge >= 0.3 is 5.97 Å². The second kappa shape index (κ2) is 6.81. The highest BCUT2D eigenvalue weighted by Gasteiger charge is 2.24. The summed E-state index contributed by atoms with van der Waals surface area (Å²) in [6, 6.07) is 7.51. The van der Waals surface area contributed by atoms with Crippen LogP contribution in [0.4, 0.5) is 0 Å². The minimum absolute atomic E-state index is 0.198. The molecule has 122 valence electrons. The van der Waals surface area contributed by atoms with E-state index in [1.165, 1.54) is 6.42 Å². The van der Waals surface area contributed by atoms with Crippen LogP contribution in [0.5, 0.6) is 0 Å². The van der Waals surface area contributed by atoms with Crippen LogP contribution in [0, 0.1) is 0 Å². The second-order valence-electron chi connectivity index (χ2n) is 6.01. The molecule has 0 aliphatic heterocycles. The largest absolute Gasteiger partial charge is 0.448 e. The molecule has 23 heavy (non-hydrogen) atoms. The molecule has 2 N–H and O–H groups in total. The van der Waals surface area contributed by atoms with E-state index in [4.69, 9.17) is 4.74 Å². The zero-order valence-corrected chi connectivity index (χ0v) is 13.2. The number of nitrogens with zero attached hydrogens (tertiary/aromatic N) is 1. The number of rotatable bonds is 4. The highest BCUT2D eigenvalue weighted by Crippen LogP contribution is 2.18. The molecular weight excluding hydrogens is 294 g/mol. The van der Waals surface area contributed by atoms with Crippen molar-refractivity contribution in [2.24, 2.45) is 0 Å². The number of hydrogen-bond acceptors (Lipinski definition) is 4. The van der Waals surface area contributed by atoms with Crippen molar-refractivity contribution in [1.29, 1.82) is 0 Å². The highest BCUT2D eigenvalue weighted by atomic mass is 16.5. The number of benzene rings is 1. The van der Waals surface area contributed by atoms with Gasteiger partial charge in [0, 0.05) is 11.4 Å². The maximum atomic E-state index is 12.2. The Morgan fingerprint density at radius 1 is 1.26 bits per heavy atom. The third kappa shape index (κ3) is 3.52. The summed E-state index contributed by atoms with van der Waals surface area (Å²) in [7, 11) is 0. The summed E-state index contributed by atoms with van der Waals surface area (Å²) >= 11 is 0. The fraction of sp³-hybridized carbons (Fsp3) is 0.471. The Hall–Kier alpha value is -2.37. The summed E-state index contributed by atoms with van der Waals surface area (Å²) in [6.45, 7) is 1.59. The van der Waals surface area contributed by atoms with Gasteiger partial charge in [-0.2, -0.15) is 5.10 Å². The second-order valence-corrected chi connectivity index (χ2v) is 6.01. The molecule has 0 unspecified atom stereocenters. The summed E-state index contributed by atoms with van der Waals surface area (Å²) < 4.78 is 5.27. The lowest BCUT2D eigenvalue weighted by atomic mass is 9.95. The van der Waals surface area contributed by atoms with Gasteiger partial charge in [-0.3, -0.25) is 9.89 Å². The molecule has 1 heterocycles. The van der Waals surface area contributed by atoms with Crippen molar-refractivity contribution in [3.8, 4) is 0 Å². The third-order valence-electron chi connectivity index (χ3n) is 4.27. The van der Waals surface area contributed by atoms with Gasteiger partial charge in [0.1, 0.15) is 0 Å². The monoisotopic (exact) mass is 315 g/mol. The molecule has 0 spiro atoms. The minimum Gasteiger partial charge on any atom is -0.448 e. The summed E-state index contributed by atoms with van der Waals surface area (Å²) in [5.41, 5.74) is 0.969. The molecular formula is C17H21N3O3. The van der Waals surface area contributed by atoms with E-state index >= 15 is 0 Å². The van der Waals surface area contributed by atoms with Crippen molar-refractivity contribution >= 4 is 22.8 Å². The summed E-state index contributed by atoms with van der Waals surface area (Å²) in [6.07, 6.45) is 4.66. The first-order chi connectivity index (χ1) is 11.1. The number of para-hydroxylation sites is 1. The van der Waals surface area contributed by atoms with Gasteiger partial charge in [0.05, 0.1) is 5.52 Å². The van der Waals surface area contributed by atoms with Gasteiger partial charge in [-0.1, -0.05) is 37.5 Å². The maximum absolute atomic E-state index is 12.2. The van der Waals surface area contributed by atoms with E-state index < -0.39 is 12.1 Å². The molecule has 1 amide bonds. The van der Waals surface area contributed by atoms with Gasteiger partial charge in [0.15, 0.2) is 11.8 Å². The van der Waals surface area contributed by atoms with Gasteiger partial charge in [-0.15, -0.1) is 0 Å². The third-order valence-corrected chi connectivity index (χ3v) is 4.27. The SMILES string of the molecule is C[C@@H](OC(=O)c1n[nH]c2ccccc12)C(=O)NC1CCCCC1. The molecule has 0 radical (unpaired) electrons. The van der Waals surface area contributed by atoms with Gasteiger partial charge in [0.25, 0.3) is 5.91 Å². The molecule has 1 aromatic heterocycles. The predicted octanol–water partition coefficient (Wildman–Crippen LogP) is 2.56. The Kier molecular flexibility index (Phi) is 4.60. The molecule has 0 bridgehead atoms. The Bertz CT molecular complexity index is 704. The standard InChI is InChI=1S/C17H21N3O3/c1-11(16(21)18-12-7-3-2-4-8-12)23-17(22)15-13-9-5-6-10-14(13)19-20-15/h5-6,9-12H,2-4,7-8H2,1H3,(H,18,21)(H,19,20)/t11-/m1/s1. The maximum Gasteiger partial charge on any atom is 0.360 e. The summed E-state index contributed by atoms with van der Waals surface area (Å²) in [5, 5.41) is 10.4. The number of aromatic nitrogens is 2. The molecule has 1 fully saturated rings. The van der Waals surface area contributed by atoms with Gasteiger partial charge in [-0.05, 0) is 25.8 Å². The Labute approximate surface area is 134 Å². The smallest absolute Gasteiger partial charge is 0.360 e. The van der Waals surface area contributed by atoms with Crippen LogP contribution in [0.2, 0.25) is 0 Å². The molecule has 6 heteroatoms. The van der Waals surface area contributed by atoms with Gasteiger partial charge in [-0.25, -0.2) is 4.79 Å². The van der Waals surface area contributed by atoms with Crippen LogP contribution in [-0.4, -0.2) is 34.2 Å². The molecule has 6 nitrogen and oxygen atoms in total. The van der Waals surface area contributed by atoms with E-state index in [1.807, 2.05) is 18.2 Å². The fourth-order valence-corrected chi connectivity index (χ4v) is 2.95. The number of hydrogen-bond donors (Lipinski definition) is 2. The first-order valence-corrected chi connectivity index (χ1v) is 8.09. The fourth-order valence-electron chi connectivity index (χ4n) is 2.95. The number of nitrogens with one attached hydrogen (secondary N) is 2. The summed E-state index contributed by atoms with van der Waals surface area (Å²) in [5.74, 6) is -0.834. The number of amides is 1. The van der Waals surface area contributed by atoms with E-state index in [-0.39, 0.29) is 17.6 Å². The molecule has 1 saturated carbocycles. The number of carbonyl (C=O) groups is 2. The van der Waals surface area contributed by atoms with E-state index in [9.17, 15) is 9.59 Å². The minimum atomic E-state index is -0.833. The van der Waals surface area contributed by atoms with Gasteiger partial charge < -0.3 is 10.1 Å². The number of H-pyrrole nitrogens is 1. The van der Waals surface area contributed by atoms with Crippen molar-refractivity contribution in [2.45, 2.75) is 51.2 Å². The Balaban J connectivity index is 1.61. The first kappa shape index (κ1) is 15.5. The van der Waals surface area contributed by atoms with Crippen LogP contribution >= 0.6 is 0 Å². The molecule has 2 aromatic rings. The normalized spacial score (nSPS) is 16.9. The van der Waals surface area contributed by atoms with E-state index in [0.29, 0.717) is 5.39 Å². The molecule has 1 aliphatic rings. The van der Waals surface area contributed by atoms with Crippen molar-refractivity contribution < 1.29 is 14.3 Å². The van der Waals surface area contributed by atoms with Crippen LogP contribution in [0.15, 0.2) is 24.3 Å². The Morgan fingerprint density at radius 2 is 2.00 bits per heavy atom.